The van der Waals surface area contributed by atoms with E-state index in [1.807, 2.05) is 58.0 Å². The molecule has 0 bridgehead atoms. The predicted molar refractivity (Wildman–Crippen MR) is 111 cm³/mol. The number of nitrogens with one attached hydrogen (secondary N) is 2. The zero-order chi connectivity index (χ0) is 20.8. The summed E-state index contributed by atoms with van der Waals surface area (Å²) in [4.78, 5) is 16.5. The van der Waals surface area contributed by atoms with Crippen LogP contribution in [-0.2, 0) is 6.54 Å². The molecule has 0 aliphatic rings. The molecule has 0 aliphatic heterocycles. The first-order valence-corrected chi connectivity index (χ1v) is 9.77. The highest BCUT2D eigenvalue weighted by atomic mass is 16.5. The Morgan fingerprint density at radius 1 is 1.21 bits per heavy atom. The van der Waals surface area contributed by atoms with Gasteiger partial charge in [-0.1, -0.05) is 18.2 Å². The fourth-order valence-corrected chi connectivity index (χ4v) is 2.87. The summed E-state index contributed by atoms with van der Waals surface area (Å²) in [6, 6.07) is 10.8. The van der Waals surface area contributed by atoms with Crippen molar-refractivity contribution in [1.82, 2.24) is 15.6 Å². The summed E-state index contributed by atoms with van der Waals surface area (Å²) in [5.74, 6) is 1.93. The van der Waals surface area contributed by atoms with Crippen molar-refractivity contribution in [3.63, 3.8) is 0 Å². The number of hydrogen-bond donors (Lipinski definition) is 2. The van der Waals surface area contributed by atoms with E-state index in [0.29, 0.717) is 36.1 Å². The Kier molecular flexibility index (Phi) is 6.59. The highest BCUT2D eigenvalue weighted by Crippen LogP contribution is 2.31. The summed E-state index contributed by atoms with van der Waals surface area (Å²) in [7, 11) is 0. The molecule has 1 atom stereocenters. The SMILES string of the molecule is CCOc1cccc2cc(C(C)NC(=O)NCc3ccc(OC(C)C)nc3)oc12. The van der Waals surface area contributed by atoms with Crippen LogP contribution in [-0.4, -0.2) is 23.7 Å². The highest BCUT2D eigenvalue weighted by molar-refractivity contribution is 5.84. The Hall–Kier alpha value is -3.22. The Labute approximate surface area is 170 Å². The molecule has 3 rings (SSSR count). The number of hydrogen-bond acceptors (Lipinski definition) is 5. The number of para-hydroxylation sites is 1. The molecule has 0 saturated heterocycles. The van der Waals surface area contributed by atoms with E-state index in [1.165, 1.54) is 0 Å². The number of urea groups is 1. The summed E-state index contributed by atoms with van der Waals surface area (Å²) < 4.78 is 17.0. The Morgan fingerprint density at radius 3 is 2.72 bits per heavy atom. The molecule has 0 saturated carbocycles. The average Bonchev–Trinajstić information content (AvgIpc) is 3.13. The number of fused-ring (bicyclic) bond motifs is 1. The van der Waals surface area contributed by atoms with Crippen LogP contribution in [0, 0.1) is 0 Å². The average molecular weight is 397 g/mol. The van der Waals surface area contributed by atoms with Gasteiger partial charge >= 0.3 is 6.03 Å². The first kappa shape index (κ1) is 20.5. The number of amides is 2. The van der Waals surface area contributed by atoms with Crippen molar-refractivity contribution >= 4 is 17.0 Å². The first-order chi connectivity index (χ1) is 14.0. The van der Waals surface area contributed by atoms with E-state index in [0.717, 1.165) is 10.9 Å². The molecule has 3 aromatic rings. The largest absolute Gasteiger partial charge is 0.490 e. The van der Waals surface area contributed by atoms with Crippen LogP contribution in [0.4, 0.5) is 4.79 Å². The minimum Gasteiger partial charge on any atom is -0.490 e. The molecule has 0 aliphatic carbocycles. The lowest BCUT2D eigenvalue weighted by molar-refractivity contribution is 0.232. The third-order valence-electron chi connectivity index (χ3n) is 4.21. The van der Waals surface area contributed by atoms with Crippen molar-refractivity contribution in [1.29, 1.82) is 0 Å². The van der Waals surface area contributed by atoms with Gasteiger partial charge in [-0.25, -0.2) is 9.78 Å². The fourth-order valence-electron chi connectivity index (χ4n) is 2.87. The van der Waals surface area contributed by atoms with Crippen LogP contribution >= 0.6 is 0 Å². The summed E-state index contributed by atoms with van der Waals surface area (Å²) in [6.45, 7) is 8.62. The molecule has 2 N–H and O–H groups in total. The molecule has 2 aromatic heterocycles. The third-order valence-corrected chi connectivity index (χ3v) is 4.21. The number of carbonyl (C=O) groups excluding carboxylic acids is 1. The third kappa shape index (κ3) is 5.40. The van der Waals surface area contributed by atoms with Gasteiger partial charge in [0.2, 0.25) is 5.88 Å². The van der Waals surface area contributed by atoms with Crippen molar-refractivity contribution in [2.75, 3.05) is 6.61 Å². The monoisotopic (exact) mass is 397 g/mol. The molecule has 1 unspecified atom stereocenters. The maximum absolute atomic E-state index is 12.3. The van der Waals surface area contributed by atoms with E-state index in [-0.39, 0.29) is 18.2 Å². The maximum atomic E-state index is 12.3. The zero-order valence-corrected chi connectivity index (χ0v) is 17.2. The minimum atomic E-state index is -0.295. The van der Waals surface area contributed by atoms with Gasteiger partial charge < -0.3 is 24.5 Å². The number of benzene rings is 1. The van der Waals surface area contributed by atoms with Crippen molar-refractivity contribution in [3.8, 4) is 11.6 Å². The van der Waals surface area contributed by atoms with E-state index >= 15 is 0 Å². The lowest BCUT2D eigenvalue weighted by Crippen LogP contribution is -2.36. The molecule has 7 heteroatoms. The molecule has 7 nitrogen and oxygen atoms in total. The van der Waals surface area contributed by atoms with Crippen LogP contribution in [0.1, 0.15) is 45.1 Å². The molecular weight excluding hydrogens is 370 g/mol. The number of nitrogens with zero attached hydrogens (tertiary/aromatic N) is 1. The number of aromatic nitrogens is 1. The molecule has 2 heterocycles. The number of ether oxygens (including phenoxy) is 2. The normalized spacial score (nSPS) is 12.0. The standard InChI is InChI=1S/C22H27N3O4/c1-5-27-18-8-6-7-17-11-19(29-21(17)18)15(4)25-22(26)24-13-16-9-10-20(23-12-16)28-14(2)3/h6-12,14-15H,5,13H2,1-4H3,(H2,24,25,26). The molecule has 154 valence electrons. The van der Waals surface area contributed by atoms with Gasteiger partial charge in [-0.2, -0.15) is 0 Å². The van der Waals surface area contributed by atoms with Gasteiger partial charge in [-0.05, 0) is 45.4 Å². The van der Waals surface area contributed by atoms with E-state index < -0.39 is 0 Å². The van der Waals surface area contributed by atoms with Gasteiger partial charge in [-0.3, -0.25) is 0 Å². The van der Waals surface area contributed by atoms with Crippen molar-refractivity contribution in [2.45, 2.75) is 46.4 Å². The summed E-state index contributed by atoms with van der Waals surface area (Å²) in [5, 5.41) is 6.65. The molecule has 29 heavy (non-hydrogen) atoms. The van der Waals surface area contributed by atoms with Crippen molar-refractivity contribution in [2.24, 2.45) is 0 Å². The van der Waals surface area contributed by atoms with Crippen LogP contribution in [0.25, 0.3) is 11.0 Å². The number of pyridine rings is 1. The van der Waals surface area contributed by atoms with Crippen LogP contribution in [0.15, 0.2) is 47.0 Å². The summed E-state index contributed by atoms with van der Waals surface area (Å²) in [6.07, 6.45) is 1.76. The maximum Gasteiger partial charge on any atom is 0.315 e. The summed E-state index contributed by atoms with van der Waals surface area (Å²) >= 11 is 0. The predicted octanol–water partition coefficient (Wildman–Crippen LogP) is 4.57. The van der Waals surface area contributed by atoms with Crippen molar-refractivity contribution in [3.05, 3.63) is 53.9 Å². The van der Waals surface area contributed by atoms with Gasteiger partial charge in [-0.15, -0.1) is 0 Å². The molecule has 1 aromatic carbocycles. The van der Waals surface area contributed by atoms with Crippen LogP contribution in [0.3, 0.4) is 0 Å². The van der Waals surface area contributed by atoms with Crippen LogP contribution < -0.4 is 20.1 Å². The number of furan rings is 1. The zero-order valence-electron chi connectivity index (χ0n) is 17.2. The van der Waals surface area contributed by atoms with Crippen LogP contribution in [0.2, 0.25) is 0 Å². The number of carbonyl (C=O) groups is 1. The first-order valence-electron chi connectivity index (χ1n) is 9.77. The molecule has 0 fully saturated rings. The topological polar surface area (TPSA) is 85.6 Å². The van der Waals surface area contributed by atoms with Crippen LogP contribution in [0.5, 0.6) is 11.6 Å². The second-order valence-corrected chi connectivity index (χ2v) is 6.98. The molecular formula is C22H27N3O4. The van der Waals surface area contributed by atoms with Crippen molar-refractivity contribution < 1.29 is 18.7 Å². The quantitative estimate of drug-likeness (QED) is 0.581. The van der Waals surface area contributed by atoms with E-state index in [2.05, 4.69) is 15.6 Å². The summed E-state index contributed by atoms with van der Waals surface area (Å²) in [5.41, 5.74) is 1.57. The lowest BCUT2D eigenvalue weighted by atomic mass is 10.2. The molecule has 2 amide bonds. The van der Waals surface area contributed by atoms with E-state index in [9.17, 15) is 4.79 Å². The van der Waals surface area contributed by atoms with Gasteiger partial charge in [0.25, 0.3) is 0 Å². The second kappa shape index (κ2) is 9.32. The van der Waals surface area contributed by atoms with Gasteiger partial charge in [0.15, 0.2) is 11.3 Å². The second-order valence-electron chi connectivity index (χ2n) is 6.98. The minimum absolute atomic E-state index is 0.0709. The molecule has 0 spiro atoms. The number of rotatable bonds is 8. The smallest absolute Gasteiger partial charge is 0.315 e. The van der Waals surface area contributed by atoms with Gasteiger partial charge in [0, 0.05) is 24.2 Å². The highest BCUT2D eigenvalue weighted by Gasteiger charge is 2.16. The Bertz CT molecular complexity index is 950. The fraction of sp³-hybridized carbons (Fsp3) is 0.364. The Balaban J connectivity index is 1.56. The lowest BCUT2D eigenvalue weighted by Gasteiger charge is -2.13. The molecule has 0 radical (unpaired) electrons. The van der Waals surface area contributed by atoms with E-state index in [4.69, 9.17) is 13.9 Å². The van der Waals surface area contributed by atoms with Gasteiger partial charge in [0.1, 0.15) is 5.76 Å². The Morgan fingerprint density at radius 2 is 2.03 bits per heavy atom. The van der Waals surface area contributed by atoms with E-state index in [1.54, 1.807) is 12.3 Å². The van der Waals surface area contributed by atoms with Gasteiger partial charge in [0.05, 0.1) is 18.8 Å².